The van der Waals surface area contributed by atoms with E-state index in [1.54, 1.807) is 0 Å². The number of hydrogen-bond acceptors (Lipinski definition) is 5. The molecule has 2 aromatic rings. The molecule has 2 N–H and O–H groups in total. The van der Waals surface area contributed by atoms with E-state index in [9.17, 15) is 37.4 Å². The number of likely N-dealkylation sites (N-methyl/N-ethyl adjacent to an activating group) is 1. The average molecular weight is 462 g/mol. The number of amides is 2. The number of rotatable bonds is 3. The normalized spacial score (nSPS) is 21.5. The van der Waals surface area contributed by atoms with Gasteiger partial charge in [0.2, 0.25) is 0 Å². The maximum absolute atomic E-state index is 13.4. The summed E-state index contributed by atoms with van der Waals surface area (Å²) in [5.41, 5.74) is -1.13. The Hall–Kier alpha value is -2.76. The zero-order valence-electron chi connectivity index (χ0n) is 16.1. The number of hydrogen-bond donors (Lipinski definition) is 2. The first kappa shape index (κ1) is 22.9. The maximum Gasteiger partial charge on any atom is 0.416 e. The van der Waals surface area contributed by atoms with Crippen LogP contribution in [0, 0.1) is 12.7 Å². The summed E-state index contributed by atoms with van der Waals surface area (Å²) in [7, 11) is 1.23. The lowest BCUT2D eigenvalue weighted by atomic mass is 10.1. The standard InChI is InChI=1S/C19H16ClF4N3O4/c1-8-5-9(19(22,23)24)6-13(25-8)27-14(15(28)16(29)18(27)31)17(30)26(2)10-3-4-12(21)11(20)7-10/h3-7,14-16,28-29H,1-2H3/t14-,15-,16-/m0/s1. The van der Waals surface area contributed by atoms with E-state index in [0.29, 0.717) is 11.0 Å². The summed E-state index contributed by atoms with van der Waals surface area (Å²) in [4.78, 5) is 30.9. The highest BCUT2D eigenvalue weighted by atomic mass is 35.5. The van der Waals surface area contributed by atoms with Crippen molar-refractivity contribution in [3.63, 3.8) is 0 Å². The number of carbonyl (C=O) groups excluding carboxylic acids is 2. The summed E-state index contributed by atoms with van der Waals surface area (Å²) < 4.78 is 53.1. The summed E-state index contributed by atoms with van der Waals surface area (Å²) in [6.45, 7) is 1.26. The molecule has 1 aliphatic rings. The van der Waals surface area contributed by atoms with Crippen LogP contribution in [0.1, 0.15) is 11.3 Å². The van der Waals surface area contributed by atoms with Gasteiger partial charge in [0.05, 0.1) is 10.6 Å². The van der Waals surface area contributed by atoms with Gasteiger partial charge < -0.3 is 15.1 Å². The Kier molecular flexibility index (Phi) is 5.96. The summed E-state index contributed by atoms with van der Waals surface area (Å²) in [6.07, 6.45) is -8.77. The molecule has 0 radical (unpaired) electrons. The fourth-order valence-electron chi connectivity index (χ4n) is 3.22. The molecule has 2 amide bonds. The Morgan fingerprint density at radius 3 is 2.45 bits per heavy atom. The van der Waals surface area contributed by atoms with Crippen LogP contribution in [0.3, 0.4) is 0 Å². The number of aliphatic hydroxyl groups excluding tert-OH is 2. The summed E-state index contributed by atoms with van der Waals surface area (Å²) >= 11 is 5.72. The highest BCUT2D eigenvalue weighted by molar-refractivity contribution is 6.31. The van der Waals surface area contributed by atoms with E-state index in [1.807, 2.05) is 0 Å². The van der Waals surface area contributed by atoms with Crippen LogP contribution in [0.15, 0.2) is 30.3 Å². The van der Waals surface area contributed by atoms with Crippen LogP contribution in [0.4, 0.5) is 29.1 Å². The Morgan fingerprint density at radius 2 is 1.87 bits per heavy atom. The lowest BCUT2D eigenvalue weighted by molar-refractivity contribution is -0.137. The van der Waals surface area contributed by atoms with Crippen molar-refractivity contribution in [1.82, 2.24) is 4.98 Å². The third-order valence-corrected chi connectivity index (χ3v) is 5.09. The SMILES string of the molecule is Cc1cc(C(F)(F)F)cc(N2C(=O)[C@@H](O)[C@@H](O)[C@H]2C(=O)N(C)c2ccc(F)c(Cl)c2)n1. The number of alkyl halides is 3. The van der Waals surface area contributed by atoms with Gasteiger partial charge in [0, 0.05) is 18.4 Å². The summed E-state index contributed by atoms with van der Waals surface area (Å²) in [6, 6.07) is 2.82. The number of benzene rings is 1. The van der Waals surface area contributed by atoms with Crippen LogP contribution in [-0.2, 0) is 15.8 Å². The van der Waals surface area contributed by atoms with Gasteiger partial charge in [-0.15, -0.1) is 0 Å². The number of aliphatic hydroxyl groups is 2. The van der Waals surface area contributed by atoms with Gasteiger partial charge in [0.25, 0.3) is 11.8 Å². The van der Waals surface area contributed by atoms with Crippen LogP contribution in [0.2, 0.25) is 5.02 Å². The fraction of sp³-hybridized carbons (Fsp3) is 0.316. The topological polar surface area (TPSA) is 94.0 Å². The Labute approximate surface area is 178 Å². The highest BCUT2D eigenvalue weighted by Crippen LogP contribution is 2.35. The summed E-state index contributed by atoms with van der Waals surface area (Å²) in [5, 5.41) is 20.0. The van der Waals surface area contributed by atoms with Gasteiger partial charge in [-0.25, -0.2) is 9.37 Å². The van der Waals surface area contributed by atoms with E-state index < -0.39 is 53.4 Å². The van der Waals surface area contributed by atoms with Gasteiger partial charge in [0.15, 0.2) is 6.10 Å². The molecular weight excluding hydrogens is 446 g/mol. The second-order valence-corrected chi connectivity index (χ2v) is 7.34. The second-order valence-electron chi connectivity index (χ2n) is 6.94. The van der Waals surface area contributed by atoms with Crippen LogP contribution < -0.4 is 9.80 Å². The van der Waals surface area contributed by atoms with E-state index in [1.165, 1.54) is 20.0 Å². The number of aryl methyl sites for hydroxylation is 1. The number of carbonyl (C=O) groups is 2. The van der Waals surface area contributed by atoms with Crippen molar-refractivity contribution < 1.29 is 37.4 Å². The van der Waals surface area contributed by atoms with E-state index in [-0.39, 0.29) is 16.4 Å². The Balaban J connectivity index is 2.05. The van der Waals surface area contributed by atoms with Crippen molar-refractivity contribution >= 4 is 34.9 Å². The van der Waals surface area contributed by atoms with Gasteiger partial charge in [-0.2, -0.15) is 13.2 Å². The molecule has 0 saturated carbocycles. The first-order valence-corrected chi connectivity index (χ1v) is 9.18. The molecule has 0 unspecified atom stereocenters. The van der Waals surface area contributed by atoms with E-state index in [4.69, 9.17) is 11.6 Å². The van der Waals surface area contributed by atoms with Gasteiger partial charge >= 0.3 is 6.18 Å². The minimum absolute atomic E-state index is 0.0885. The minimum Gasteiger partial charge on any atom is -0.387 e. The Morgan fingerprint density at radius 1 is 1.23 bits per heavy atom. The van der Waals surface area contributed by atoms with Crippen molar-refractivity contribution in [2.24, 2.45) is 0 Å². The zero-order valence-corrected chi connectivity index (χ0v) is 16.8. The molecule has 1 saturated heterocycles. The molecule has 1 aromatic heterocycles. The number of halogens is 5. The van der Waals surface area contributed by atoms with E-state index in [0.717, 1.165) is 23.1 Å². The first-order chi connectivity index (χ1) is 14.3. The molecule has 1 fully saturated rings. The molecule has 12 heteroatoms. The second kappa shape index (κ2) is 8.06. The van der Waals surface area contributed by atoms with E-state index in [2.05, 4.69) is 4.98 Å². The monoisotopic (exact) mass is 461 g/mol. The lowest BCUT2D eigenvalue weighted by Gasteiger charge is -2.29. The lowest BCUT2D eigenvalue weighted by Crippen LogP contribution is -2.50. The average Bonchev–Trinajstić information content (AvgIpc) is 2.91. The smallest absolute Gasteiger partial charge is 0.387 e. The fourth-order valence-corrected chi connectivity index (χ4v) is 3.40. The van der Waals surface area contributed by atoms with Crippen molar-refractivity contribution in [2.75, 3.05) is 16.8 Å². The van der Waals surface area contributed by atoms with Crippen molar-refractivity contribution in [3.05, 3.63) is 52.4 Å². The van der Waals surface area contributed by atoms with Crippen LogP contribution in [0.5, 0.6) is 0 Å². The summed E-state index contributed by atoms with van der Waals surface area (Å²) in [5.74, 6) is -3.46. The number of pyridine rings is 1. The number of nitrogens with zero attached hydrogens (tertiary/aromatic N) is 3. The van der Waals surface area contributed by atoms with Crippen molar-refractivity contribution in [1.29, 1.82) is 0 Å². The van der Waals surface area contributed by atoms with E-state index >= 15 is 0 Å². The molecule has 2 heterocycles. The maximum atomic E-state index is 13.4. The van der Waals surface area contributed by atoms with Crippen molar-refractivity contribution in [3.8, 4) is 0 Å². The zero-order chi connectivity index (χ0) is 23.2. The van der Waals surface area contributed by atoms with Crippen molar-refractivity contribution in [2.45, 2.75) is 31.3 Å². The molecule has 31 heavy (non-hydrogen) atoms. The number of anilines is 2. The van der Waals surface area contributed by atoms with Gasteiger partial charge in [-0.1, -0.05) is 11.6 Å². The number of aromatic nitrogens is 1. The molecule has 0 spiro atoms. The van der Waals surface area contributed by atoms with Gasteiger partial charge in [0.1, 0.15) is 23.8 Å². The molecule has 3 rings (SSSR count). The predicted molar refractivity (Wildman–Crippen MR) is 102 cm³/mol. The molecule has 3 atom stereocenters. The molecule has 1 aliphatic heterocycles. The third-order valence-electron chi connectivity index (χ3n) is 4.80. The quantitative estimate of drug-likeness (QED) is 0.684. The third kappa shape index (κ3) is 4.21. The first-order valence-electron chi connectivity index (χ1n) is 8.80. The van der Waals surface area contributed by atoms with Crippen LogP contribution in [-0.4, -0.2) is 52.3 Å². The molecule has 0 bridgehead atoms. The van der Waals surface area contributed by atoms with Gasteiger partial charge in [-0.05, 0) is 37.3 Å². The Bertz CT molecular complexity index is 1050. The molecule has 0 aliphatic carbocycles. The van der Waals surface area contributed by atoms with Gasteiger partial charge in [-0.3, -0.25) is 14.5 Å². The predicted octanol–water partition coefficient (Wildman–Crippen LogP) is 2.30. The molecule has 166 valence electrons. The minimum atomic E-state index is -4.76. The van der Waals surface area contributed by atoms with Crippen LogP contribution in [0.25, 0.3) is 0 Å². The van der Waals surface area contributed by atoms with Crippen LogP contribution >= 0.6 is 11.6 Å². The molecule has 7 nitrogen and oxygen atoms in total. The molecule has 1 aromatic carbocycles. The molecular formula is C19H16ClF4N3O4. The highest BCUT2D eigenvalue weighted by Gasteiger charge is 2.52. The largest absolute Gasteiger partial charge is 0.416 e.